The summed E-state index contributed by atoms with van der Waals surface area (Å²) >= 11 is 0. The maximum Gasteiger partial charge on any atom is 0.0826 e. The van der Waals surface area contributed by atoms with Gasteiger partial charge in [0.25, 0.3) is 0 Å². The lowest BCUT2D eigenvalue weighted by Gasteiger charge is -2.35. The Morgan fingerprint density at radius 2 is 1.90 bits per heavy atom. The van der Waals surface area contributed by atoms with Crippen LogP contribution in [0, 0.1) is 11.8 Å². The van der Waals surface area contributed by atoms with Gasteiger partial charge < -0.3 is 4.74 Å². The molecule has 1 aliphatic carbocycles. The van der Waals surface area contributed by atoms with Crippen LogP contribution in [0.5, 0.6) is 0 Å². The number of unbranched alkanes of at least 4 members (excludes halogenated alkanes) is 3. The summed E-state index contributed by atoms with van der Waals surface area (Å²) in [5, 5.41) is 0. The zero-order valence-corrected chi connectivity index (χ0v) is 13.7. The van der Waals surface area contributed by atoms with E-state index in [2.05, 4.69) is 25.7 Å². The Hall–Kier alpha value is -0.0151. The summed E-state index contributed by atoms with van der Waals surface area (Å²) in [7, 11) is 0. The fraction of sp³-hybridized carbons (Fsp3) is 1.00. The number of rotatable bonds is 6. The van der Waals surface area contributed by atoms with Crippen molar-refractivity contribution in [1.82, 2.24) is 4.90 Å². The standard InChI is InChI=1S/C17H31NO.B/c1-4-5-6-7-12-19-16(2)13-18-11-10-14-8-9-15(16)17(14,18)3;/h14-15H,4-13H2,1-3H3;/t14-,15+,16+,17+;/m0./s1. The topological polar surface area (TPSA) is 12.5 Å². The van der Waals surface area contributed by atoms with Gasteiger partial charge in [-0.1, -0.05) is 26.2 Å². The van der Waals surface area contributed by atoms with Crippen LogP contribution in [0.4, 0.5) is 0 Å². The van der Waals surface area contributed by atoms with E-state index in [9.17, 15) is 0 Å². The molecule has 0 spiro atoms. The molecule has 3 aliphatic rings. The molecule has 2 saturated heterocycles. The average Bonchev–Trinajstić information content (AvgIpc) is 2.94. The Bertz CT molecular complexity index is 337. The molecule has 3 rings (SSSR count). The molecule has 0 aromatic rings. The second kappa shape index (κ2) is 6.00. The van der Waals surface area contributed by atoms with Crippen LogP contribution in [0.1, 0.15) is 65.7 Å². The highest BCUT2D eigenvalue weighted by atomic mass is 16.5. The molecule has 2 nitrogen and oxygen atoms in total. The van der Waals surface area contributed by atoms with E-state index in [-0.39, 0.29) is 14.0 Å². The molecule has 4 atom stereocenters. The third-order valence-corrected chi connectivity index (χ3v) is 6.44. The van der Waals surface area contributed by atoms with Gasteiger partial charge in [0.2, 0.25) is 0 Å². The van der Waals surface area contributed by atoms with E-state index in [1.807, 2.05) is 0 Å². The van der Waals surface area contributed by atoms with E-state index < -0.39 is 0 Å². The van der Waals surface area contributed by atoms with E-state index in [0.29, 0.717) is 5.54 Å². The summed E-state index contributed by atoms with van der Waals surface area (Å²) in [5.74, 6) is 1.72. The predicted molar refractivity (Wildman–Crippen MR) is 85.1 cm³/mol. The minimum Gasteiger partial charge on any atom is -0.374 e. The van der Waals surface area contributed by atoms with Crippen LogP contribution in [0.3, 0.4) is 0 Å². The van der Waals surface area contributed by atoms with Crippen LogP contribution >= 0.6 is 0 Å². The fourth-order valence-corrected chi connectivity index (χ4v) is 5.35. The molecule has 0 amide bonds. The molecule has 1 saturated carbocycles. The van der Waals surface area contributed by atoms with Crippen molar-refractivity contribution in [3.8, 4) is 0 Å². The minimum absolute atomic E-state index is 0. The van der Waals surface area contributed by atoms with Gasteiger partial charge in [-0.15, -0.1) is 0 Å². The van der Waals surface area contributed by atoms with Crippen molar-refractivity contribution < 1.29 is 4.74 Å². The smallest absolute Gasteiger partial charge is 0.0826 e. The third-order valence-electron chi connectivity index (χ3n) is 6.44. The van der Waals surface area contributed by atoms with Gasteiger partial charge in [0.1, 0.15) is 0 Å². The van der Waals surface area contributed by atoms with Gasteiger partial charge in [0.05, 0.1) is 5.60 Å². The van der Waals surface area contributed by atoms with Gasteiger partial charge in [-0.3, -0.25) is 4.90 Å². The molecule has 0 aromatic heterocycles. The molecule has 3 radical (unpaired) electrons. The summed E-state index contributed by atoms with van der Waals surface area (Å²) in [4.78, 5) is 2.75. The largest absolute Gasteiger partial charge is 0.374 e. The van der Waals surface area contributed by atoms with E-state index in [0.717, 1.165) is 18.4 Å². The van der Waals surface area contributed by atoms with E-state index in [1.165, 1.54) is 58.0 Å². The van der Waals surface area contributed by atoms with Gasteiger partial charge in [0, 0.05) is 33.0 Å². The SMILES string of the molecule is CCCCCCO[C@]1(C)CN2CC[C@@H]3CC[C@H]1[C@@]32C.[B]. The van der Waals surface area contributed by atoms with Crippen LogP contribution in [0.15, 0.2) is 0 Å². The average molecular weight is 276 g/mol. The first-order chi connectivity index (χ1) is 9.11. The summed E-state index contributed by atoms with van der Waals surface area (Å²) in [5.41, 5.74) is 0.605. The van der Waals surface area contributed by atoms with Crippen molar-refractivity contribution in [3.63, 3.8) is 0 Å². The Morgan fingerprint density at radius 1 is 1.10 bits per heavy atom. The van der Waals surface area contributed by atoms with Crippen molar-refractivity contribution >= 4 is 8.41 Å². The maximum atomic E-state index is 6.43. The maximum absolute atomic E-state index is 6.43. The van der Waals surface area contributed by atoms with Crippen molar-refractivity contribution in [2.24, 2.45) is 11.8 Å². The molecule has 113 valence electrons. The zero-order valence-electron chi connectivity index (χ0n) is 13.7. The number of hydrogen-bond acceptors (Lipinski definition) is 2. The molecule has 0 bridgehead atoms. The monoisotopic (exact) mass is 276 g/mol. The molecule has 0 unspecified atom stereocenters. The Balaban J connectivity index is 0.00000147. The number of ether oxygens (including phenoxy) is 1. The van der Waals surface area contributed by atoms with E-state index >= 15 is 0 Å². The van der Waals surface area contributed by atoms with Gasteiger partial charge >= 0.3 is 0 Å². The normalized spacial score (nSPS) is 42.8. The Morgan fingerprint density at radius 3 is 2.65 bits per heavy atom. The lowest BCUT2D eigenvalue weighted by atomic mass is 9.79. The lowest BCUT2D eigenvalue weighted by Crippen LogP contribution is -2.43. The van der Waals surface area contributed by atoms with Crippen molar-refractivity contribution in [1.29, 1.82) is 0 Å². The van der Waals surface area contributed by atoms with Crippen LogP contribution < -0.4 is 0 Å². The molecule has 3 heteroatoms. The molecule has 3 fully saturated rings. The van der Waals surface area contributed by atoms with E-state index in [1.54, 1.807) is 0 Å². The lowest BCUT2D eigenvalue weighted by molar-refractivity contribution is -0.0575. The number of nitrogens with zero attached hydrogens (tertiary/aromatic N) is 1. The summed E-state index contributed by atoms with van der Waals surface area (Å²) in [6.07, 6.45) is 9.51. The molecule has 0 N–H and O–H groups in total. The van der Waals surface area contributed by atoms with E-state index in [4.69, 9.17) is 4.74 Å². The van der Waals surface area contributed by atoms with Gasteiger partial charge in [0.15, 0.2) is 0 Å². The Kier molecular flexibility index (Phi) is 4.91. The number of hydrogen-bond donors (Lipinski definition) is 0. The highest BCUT2D eigenvalue weighted by Gasteiger charge is 2.65. The van der Waals surface area contributed by atoms with Crippen LogP contribution in [-0.4, -0.2) is 44.1 Å². The minimum atomic E-state index is 0. The highest BCUT2D eigenvalue weighted by molar-refractivity contribution is 5.75. The van der Waals surface area contributed by atoms with Crippen molar-refractivity contribution in [2.75, 3.05) is 19.7 Å². The quantitative estimate of drug-likeness (QED) is 0.544. The van der Waals surface area contributed by atoms with Crippen LogP contribution in [-0.2, 0) is 4.74 Å². The first-order valence-corrected chi connectivity index (χ1v) is 8.50. The molecule has 2 heterocycles. The highest BCUT2D eigenvalue weighted by Crippen LogP contribution is 2.59. The summed E-state index contributed by atoms with van der Waals surface area (Å²) in [6, 6.07) is 0. The van der Waals surface area contributed by atoms with Crippen molar-refractivity contribution in [3.05, 3.63) is 0 Å². The summed E-state index contributed by atoms with van der Waals surface area (Å²) in [6.45, 7) is 10.6. The molecule has 2 aliphatic heterocycles. The molecular weight excluding hydrogens is 245 g/mol. The fourth-order valence-electron chi connectivity index (χ4n) is 5.35. The molecular formula is C17H31BNO. The second-order valence-corrected chi connectivity index (χ2v) is 7.48. The summed E-state index contributed by atoms with van der Waals surface area (Å²) < 4.78 is 6.43. The zero-order chi connectivity index (χ0) is 13.5. The second-order valence-electron chi connectivity index (χ2n) is 7.48. The van der Waals surface area contributed by atoms with Crippen molar-refractivity contribution in [2.45, 2.75) is 76.9 Å². The van der Waals surface area contributed by atoms with Gasteiger partial charge in [-0.25, -0.2) is 0 Å². The van der Waals surface area contributed by atoms with Crippen LogP contribution in [0.25, 0.3) is 0 Å². The van der Waals surface area contributed by atoms with Crippen LogP contribution in [0.2, 0.25) is 0 Å². The third kappa shape index (κ3) is 2.35. The first kappa shape index (κ1) is 16.4. The van der Waals surface area contributed by atoms with Gasteiger partial charge in [-0.2, -0.15) is 0 Å². The Labute approximate surface area is 127 Å². The van der Waals surface area contributed by atoms with Gasteiger partial charge in [-0.05, 0) is 52.0 Å². The molecule has 0 aromatic carbocycles. The molecule has 20 heavy (non-hydrogen) atoms. The predicted octanol–water partition coefficient (Wildman–Crippen LogP) is 3.47. The first-order valence-electron chi connectivity index (χ1n) is 8.50.